The first-order valence-corrected chi connectivity index (χ1v) is 8.69. The average Bonchev–Trinajstić information content (AvgIpc) is 3.08. The number of hydrogen-bond acceptors (Lipinski definition) is 5. The van der Waals surface area contributed by atoms with Gasteiger partial charge in [-0.1, -0.05) is 13.8 Å². The maximum Gasteiger partial charge on any atom is 0.225 e. The van der Waals surface area contributed by atoms with E-state index in [9.17, 15) is 4.79 Å². The molecule has 1 aromatic heterocycles. The van der Waals surface area contributed by atoms with Gasteiger partial charge in [0.15, 0.2) is 0 Å². The zero-order chi connectivity index (χ0) is 16.4. The molecule has 23 heavy (non-hydrogen) atoms. The van der Waals surface area contributed by atoms with E-state index in [1.54, 1.807) is 0 Å². The van der Waals surface area contributed by atoms with Crippen molar-refractivity contribution in [2.24, 2.45) is 5.92 Å². The number of carbonyl (C=O) groups is 1. The van der Waals surface area contributed by atoms with Crippen LogP contribution in [0.4, 0.5) is 11.6 Å². The predicted octanol–water partition coefficient (Wildman–Crippen LogP) is 1.69. The van der Waals surface area contributed by atoms with Crippen molar-refractivity contribution in [1.29, 1.82) is 0 Å². The van der Waals surface area contributed by atoms with Crippen LogP contribution in [0.5, 0.6) is 0 Å². The van der Waals surface area contributed by atoms with E-state index in [2.05, 4.69) is 25.8 Å². The fourth-order valence-corrected chi connectivity index (χ4v) is 3.33. The third kappa shape index (κ3) is 3.57. The second-order valence-corrected chi connectivity index (χ2v) is 6.79. The first kappa shape index (κ1) is 16.0. The van der Waals surface area contributed by atoms with Crippen molar-refractivity contribution in [2.75, 3.05) is 49.1 Å². The normalized spacial score (nSPS) is 18.9. The Balaban J connectivity index is 1.69. The minimum Gasteiger partial charge on any atom is -0.356 e. The molecule has 2 aliphatic heterocycles. The Bertz CT molecular complexity index is 560. The molecule has 2 fully saturated rings. The summed E-state index contributed by atoms with van der Waals surface area (Å²) < 4.78 is 0. The molecule has 126 valence electrons. The molecule has 0 bridgehead atoms. The van der Waals surface area contributed by atoms with Gasteiger partial charge in [0.05, 0.1) is 0 Å². The molecule has 6 nitrogen and oxygen atoms in total. The minimum absolute atomic E-state index is 0.0737. The zero-order valence-corrected chi connectivity index (χ0v) is 14.5. The summed E-state index contributed by atoms with van der Waals surface area (Å²) in [7, 11) is 0. The van der Waals surface area contributed by atoms with Gasteiger partial charge in [0.1, 0.15) is 17.5 Å². The van der Waals surface area contributed by atoms with Crippen molar-refractivity contribution < 1.29 is 4.79 Å². The van der Waals surface area contributed by atoms with Gasteiger partial charge in [-0.3, -0.25) is 4.79 Å². The average molecular weight is 317 g/mol. The van der Waals surface area contributed by atoms with Crippen LogP contribution in [0.1, 0.15) is 32.5 Å². The Hall–Kier alpha value is -1.85. The van der Waals surface area contributed by atoms with Crippen LogP contribution in [-0.2, 0) is 4.79 Å². The van der Waals surface area contributed by atoms with Gasteiger partial charge in [-0.15, -0.1) is 0 Å². The third-order valence-corrected chi connectivity index (χ3v) is 4.65. The molecule has 3 heterocycles. The number of aromatic nitrogens is 2. The van der Waals surface area contributed by atoms with E-state index in [4.69, 9.17) is 0 Å². The Labute approximate surface area is 138 Å². The van der Waals surface area contributed by atoms with E-state index in [1.807, 2.05) is 25.7 Å². The van der Waals surface area contributed by atoms with Crippen molar-refractivity contribution in [1.82, 2.24) is 14.9 Å². The number of amides is 1. The van der Waals surface area contributed by atoms with Crippen molar-refractivity contribution in [3.8, 4) is 0 Å². The maximum atomic E-state index is 12.1. The van der Waals surface area contributed by atoms with Crippen molar-refractivity contribution >= 4 is 17.5 Å². The van der Waals surface area contributed by atoms with Gasteiger partial charge in [0.2, 0.25) is 5.91 Å². The molecule has 2 saturated heterocycles. The lowest BCUT2D eigenvalue weighted by Crippen LogP contribution is -2.50. The lowest BCUT2D eigenvalue weighted by atomic mass is 10.1. The molecule has 1 amide bonds. The summed E-state index contributed by atoms with van der Waals surface area (Å²) in [6.07, 6.45) is 2.49. The van der Waals surface area contributed by atoms with E-state index in [-0.39, 0.29) is 11.8 Å². The SMILES string of the molecule is Cc1nc(N2CCCC2)cc(N2CCN(C(=O)C(C)C)CC2)n1. The van der Waals surface area contributed by atoms with Crippen LogP contribution in [0.15, 0.2) is 6.07 Å². The summed E-state index contributed by atoms with van der Waals surface area (Å²) in [6, 6.07) is 2.11. The topological polar surface area (TPSA) is 52.6 Å². The summed E-state index contributed by atoms with van der Waals surface area (Å²) in [4.78, 5) is 27.9. The molecule has 0 unspecified atom stereocenters. The number of hydrogen-bond donors (Lipinski definition) is 0. The molecule has 0 saturated carbocycles. The molecule has 6 heteroatoms. The maximum absolute atomic E-state index is 12.1. The van der Waals surface area contributed by atoms with Crippen molar-refractivity contribution in [2.45, 2.75) is 33.6 Å². The molecule has 3 rings (SSSR count). The Morgan fingerprint density at radius 1 is 0.957 bits per heavy atom. The summed E-state index contributed by atoms with van der Waals surface area (Å²) in [5.74, 6) is 3.19. The largest absolute Gasteiger partial charge is 0.356 e. The van der Waals surface area contributed by atoms with Crippen LogP contribution >= 0.6 is 0 Å². The standard InChI is InChI=1S/C17H27N5O/c1-13(2)17(23)22-10-8-21(9-11-22)16-12-15(18-14(3)19-16)20-6-4-5-7-20/h12-13H,4-11H2,1-3H3. The highest BCUT2D eigenvalue weighted by atomic mass is 16.2. The number of piperazine rings is 1. The van der Waals surface area contributed by atoms with E-state index < -0.39 is 0 Å². The summed E-state index contributed by atoms with van der Waals surface area (Å²) >= 11 is 0. The van der Waals surface area contributed by atoms with Gasteiger partial charge in [-0.25, -0.2) is 9.97 Å². The van der Waals surface area contributed by atoms with E-state index >= 15 is 0 Å². The van der Waals surface area contributed by atoms with Crippen LogP contribution in [0, 0.1) is 12.8 Å². The molecule has 1 aromatic rings. The number of nitrogens with zero attached hydrogens (tertiary/aromatic N) is 5. The van der Waals surface area contributed by atoms with Crippen LogP contribution in [0.2, 0.25) is 0 Å². The smallest absolute Gasteiger partial charge is 0.225 e. The van der Waals surface area contributed by atoms with Gasteiger partial charge >= 0.3 is 0 Å². The number of anilines is 2. The number of aryl methyl sites for hydroxylation is 1. The van der Waals surface area contributed by atoms with E-state index in [0.717, 1.165) is 56.7 Å². The lowest BCUT2D eigenvalue weighted by Gasteiger charge is -2.36. The molecule has 0 radical (unpaired) electrons. The van der Waals surface area contributed by atoms with Gasteiger partial charge in [-0.2, -0.15) is 0 Å². The van der Waals surface area contributed by atoms with Gasteiger partial charge in [-0.05, 0) is 19.8 Å². The van der Waals surface area contributed by atoms with E-state index in [0.29, 0.717) is 0 Å². The minimum atomic E-state index is 0.0737. The quantitative estimate of drug-likeness (QED) is 0.849. The highest BCUT2D eigenvalue weighted by Gasteiger charge is 2.24. The molecular weight excluding hydrogens is 290 g/mol. The fraction of sp³-hybridized carbons (Fsp3) is 0.706. The second kappa shape index (κ2) is 6.72. The zero-order valence-electron chi connectivity index (χ0n) is 14.5. The predicted molar refractivity (Wildman–Crippen MR) is 91.8 cm³/mol. The van der Waals surface area contributed by atoms with Crippen molar-refractivity contribution in [3.63, 3.8) is 0 Å². The summed E-state index contributed by atoms with van der Waals surface area (Å²) in [5, 5.41) is 0. The molecule has 2 aliphatic rings. The highest BCUT2D eigenvalue weighted by molar-refractivity contribution is 5.78. The van der Waals surface area contributed by atoms with Crippen LogP contribution in [0.25, 0.3) is 0 Å². The Morgan fingerprint density at radius 3 is 2.00 bits per heavy atom. The van der Waals surface area contributed by atoms with Crippen LogP contribution in [-0.4, -0.2) is 60.0 Å². The Morgan fingerprint density at radius 2 is 1.48 bits per heavy atom. The molecule has 0 atom stereocenters. The monoisotopic (exact) mass is 317 g/mol. The lowest BCUT2D eigenvalue weighted by molar-refractivity contribution is -0.134. The summed E-state index contributed by atoms with van der Waals surface area (Å²) in [5.41, 5.74) is 0. The molecule has 0 aromatic carbocycles. The Kier molecular flexibility index (Phi) is 4.68. The molecule has 0 aliphatic carbocycles. The molecular formula is C17H27N5O. The highest BCUT2D eigenvalue weighted by Crippen LogP contribution is 2.23. The molecule has 0 N–H and O–H groups in total. The first-order valence-electron chi connectivity index (χ1n) is 8.69. The van der Waals surface area contributed by atoms with Crippen LogP contribution in [0.3, 0.4) is 0 Å². The van der Waals surface area contributed by atoms with Crippen molar-refractivity contribution in [3.05, 3.63) is 11.9 Å². The van der Waals surface area contributed by atoms with Gasteiger partial charge < -0.3 is 14.7 Å². The molecule has 0 spiro atoms. The van der Waals surface area contributed by atoms with Crippen LogP contribution < -0.4 is 9.80 Å². The second-order valence-electron chi connectivity index (χ2n) is 6.79. The number of carbonyl (C=O) groups excluding carboxylic acids is 1. The first-order chi connectivity index (χ1) is 11.0. The van der Waals surface area contributed by atoms with E-state index in [1.165, 1.54) is 12.8 Å². The third-order valence-electron chi connectivity index (χ3n) is 4.65. The summed E-state index contributed by atoms with van der Waals surface area (Å²) in [6.45, 7) is 11.3. The number of rotatable bonds is 3. The van der Waals surface area contributed by atoms with Gasteiger partial charge in [0.25, 0.3) is 0 Å². The fourth-order valence-electron chi connectivity index (χ4n) is 3.33. The van der Waals surface area contributed by atoms with Gasteiger partial charge in [0, 0.05) is 51.3 Å².